The smallest absolute Gasteiger partial charge is 0.257 e. The van der Waals surface area contributed by atoms with Gasteiger partial charge in [0.1, 0.15) is 23.9 Å². The Hall–Kier alpha value is -3.52. The van der Waals surface area contributed by atoms with Crippen LogP contribution in [0.4, 0.5) is 10.1 Å². The predicted molar refractivity (Wildman–Crippen MR) is 111 cm³/mol. The fourth-order valence-corrected chi connectivity index (χ4v) is 3.14. The van der Waals surface area contributed by atoms with Gasteiger partial charge in [-0.05, 0) is 31.2 Å². The van der Waals surface area contributed by atoms with Gasteiger partial charge in [-0.15, -0.1) is 0 Å². The number of nitrogens with one attached hydrogen (secondary N) is 1. The highest BCUT2D eigenvalue weighted by Crippen LogP contribution is 2.20. The van der Waals surface area contributed by atoms with Crippen LogP contribution in [0.5, 0.6) is 5.75 Å². The third-order valence-corrected chi connectivity index (χ3v) is 4.57. The minimum absolute atomic E-state index is 0.110. The van der Waals surface area contributed by atoms with Crippen LogP contribution in [0.3, 0.4) is 0 Å². The van der Waals surface area contributed by atoms with Gasteiger partial charge in [0.05, 0.1) is 7.11 Å². The number of halogens is 1. The Labute approximate surface area is 172 Å². The van der Waals surface area contributed by atoms with Crippen LogP contribution in [0.1, 0.15) is 11.3 Å². The highest BCUT2D eigenvalue weighted by molar-refractivity contribution is 5.91. The molecule has 0 fully saturated rings. The first-order chi connectivity index (χ1) is 14.4. The molecule has 0 atom stereocenters. The molecule has 2 aromatic carbocycles. The number of aliphatic hydroxyl groups is 1. The molecule has 1 amide bonds. The van der Waals surface area contributed by atoms with Gasteiger partial charge in [0.25, 0.3) is 5.56 Å². The number of aliphatic hydroxyl groups excluding tert-OH is 1. The Morgan fingerprint density at radius 3 is 2.70 bits per heavy atom. The summed E-state index contributed by atoms with van der Waals surface area (Å²) in [6.45, 7) is 1.09. The number of methoxy groups -OCH3 is 1. The topological polar surface area (TPSA) is 93.4 Å². The maximum atomic E-state index is 13.8. The molecule has 0 aliphatic rings. The van der Waals surface area contributed by atoms with Crippen LogP contribution in [0.15, 0.2) is 53.3 Å². The first-order valence-electron chi connectivity index (χ1n) is 9.34. The first-order valence-corrected chi connectivity index (χ1v) is 9.34. The van der Waals surface area contributed by atoms with Crippen LogP contribution in [0.2, 0.25) is 0 Å². The Bertz CT molecular complexity index is 1130. The number of hydrogen-bond donors (Lipinski definition) is 2. The van der Waals surface area contributed by atoms with E-state index in [4.69, 9.17) is 4.74 Å². The van der Waals surface area contributed by atoms with Crippen LogP contribution >= 0.6 is 0 Å². The van der Waals surface area contributed by atoms with Crippen molar-refractivity contribution in [3.63, 3.8) is 0 Å². The van der Waals surface area contributed by atoms with Crippen molar-refractivity contribution in [2.24, 2.45) is 0 Å². The van der Waals surface area contributed by atoms with Gasteiger partial charge in [-0.25, -0.2) is 9.37 Å². The number of carbonyl (C=O) groups is 1. The molecule has 3 rings (SSSR count). The molecule has 0 radical (unpaired) electrons. The number of anilines is 1. The molecular weight excluding hydrogens is 389 g/mol. The number of benzene rings is 2. The van der Waals surface area contributed by atoms with Gasteiger partial charge >= 0.3 is 0 Å². The molecule has 1 heterocycles. The number of amides is 1. The summed E-state index contributed by atoms with van der Waals surface area (Å²) in [6.07, 6.45) is 0.110. The van der Waals surface area contributed by atoms with E-state index in [1.807, 2.05) is 0 Å². The van der Waals surface area contributed by atoms with Gasteiger partial charge in [-0.3, -0.25) is 14.2 Å². The van der Waals surface area contributed by atoms with Crippen molar-refractivity contribution in [3.8, 4) is 17.1 Å². The third kappa shape index (κ3) is 4.72. The lowest BCUT2D eigenvalue weighted by Gasteiger charge is -2.16. The number of carbonyl (C=O) groups excluding carboxylic acids is 1. The lowest BCUT2D eigenvalue weighted by atomic mass is 10.1. The SMILES string of the molecule is COc1cccc(NC(=O)Cn2c(-c3cccc(F)c3)nc(C)c(CCO)c2=O)c1. The van der Waals surface area contributed by atoms with Crippen LogP contribution in [-0.4, -0.2) is 34.3 Å². The largest absolute Gasteiger partial charge is 0.497 e. The third-order valence-electron chi connectivity index (χ3n) is 4.57. The van der Waals surface area contributed by atoms with Gasteiger partial charge < -0.3 is 15.2 Å². The molecule has 1 aromatic heterocycles. The van der Waals surface area contributed by atoms with Gasteiger partial charge in [-0.1, -0.05) is 18.2 Å². The quantitative estimate of drug-likeness (QED) is 0.623. The Balaban J connectivity index is 2.01. The highest BCUT2D eigenvalue weighted by atomic mass is 19.1. The molecular formula is C22H22FN3O4. The van der Waals surface area contributed by atoms with E-state index in [1.165, 1.54) is 29.9 Å². The van der Waals surface area contributed by atoms with Gasteiger partial charge in [-0.2, -0.15) is 0 Å². The average molecular weight is 411 g/mol. The minimum Gasteiger partial charge on any atom is -0.497 e. The molecule has 0 saturated carbocycles. The molecule has 8 heteroatoms. The van der Waals surface area contributed by atoms with Gasteiger partial charge in [0, 0.05) is 41.6 Å². The van der Waals surface area contributed by atoms with E-state index < -0.39 is 17.3 Å². The fourth-order valence-electron chi connectivity index (χ4n) is 3.14. The number of ether oxygens (including phenoxy) is 1. The van der Waals surface area contributed by atoms with Crippen molar-refractivity contribution in [1.82, 2.24) is 9.55 Å². The van der Waals surface area contributed by atoms with Crippen molar-refractivity contribution in [2.45, 2.75) is 19.9 Å². The predicted octanol–water partition coefficient (Wildman–Crippen LogP) is 2.54. The van der Waals surface area contributed by atoms with Crippen LogP contribution in [0.25, 0.3) is 11.4 Å². The second-order valence-electron chi connectivity index (χ2n) is 6.65. The van der Waals surface area contributed by atoms with E-state index in [2.05, 4.69) is 10.3 Å². The van der Waals surface area contributed by atoms with E-state index in [9.17, 15) is 19.1 Å². The average Bonchev–Trinajstić information content (AvgIpc) is 2.73. The summed E-state index contributed by atoms with van der Waals surface area (Å²) in [5.74, 6) is -0.179. The number of nitrogens with zero attached hydrogens (tertiary/aromatic N) is 2. The van der Waals surface area contributed by atoms with E-state index in [1.54, 1.807) is 37.3 Å². The lowest BCUT2D eigenvalue weighted by molar-refractivity contribution is -0.116. The molecule has 0 aliphatic carbocycles. The van der Waals surface area contributed by atoms with Crippen molar-refractivity contribution in [3.05, 3.63) is 76.0 Å². The van der Waals surface area contributed by atoms with Gasteiger partial charge in [0.15, 0.2) is 0 Å². The van der Waals surface area contributed by atoms with Crippen molar-refractivity contribution in [1.29, 1.82) is 0 Å². The zero-order valence-corrected chi connectivity index (χ0v) is 16.7. The summed E-state index contributed by atoms with van der Waals surface area (Å²) in [6, 6.07) is 12.5. The lowest BCUT2D eigenvalue weighted by Crippen LogP contribution is -2.33. The molecule has 156 valence electrons. The number of rotatable bonds is 7. The zero-order chi connectivity index (χ0) is 21.7. The highest BCUT2D eigenvalue weighted by Gasteiger charge is 2.18. The summed E-state index contributed by atoms with van der Waals surface area (Å²) < 4.78 is 20.1. The molecule has 0 aliphatic heterocycles. The first kappa shape index (κ1) is 21.2. The second kappa shape index (κ2) is 9.32. The molecule has 3 aromatic rings. The normalized spacial score (nSPS) is 10.7. The zero-order valence-electron chi connectivity index (χ0n) is 16.7. The number of aromatic nitrogens is 2. The molecule has 30 heavy (non-hydrogen) atoms. The van der Waals surface area contributed by atoms with Crippen LogP contribution in [0, 0.1) is 12.7 Å². The molecule has 0 saturated heterocycles. The Morgan fingerprint density at radius 2 is 2.00 bits per heavy atom. The summed E-state index contributed by atoms with van der Waals surface area (Å²) in [5.41, 5.74) is 1.18. The standard InChI is InChI=1S/C22H22FN3O4/c1-14-19(9-10-27)22(29)26(21(24-14)15-5-3-6-16(23)11-15)13-20(28)25-17-7-4-8-18(12-17)30-2/h3-8,11-12,27H,9-10,13H2,1-2H3,(H,25,28). The maximum Gasteiger partial charge on any atom is 0.257 e. The minimum atomic E-state index is -0.480. The van der Waals surface area contributed by atoms with E-state index in [0.717, 1.165) is 0 Å². The van der Waals surface area contributed by atoms with E-state index in [-0.39, 0.29) is 25.4 Å². The van der Waals surface area contributed by atoms with Crippen LogP contribution < -0.4 is 15.6 Å². The van der Waals surface area contributed by atoms with E-state index in [0.29, 0.717) is 28.3 Å². The molecule has 2 N–H and O–H groups in total. The second-order valence-corrected chi connectivity index (χ2v) is 6.65. The summed E-state index contributed by atoms with van der Waals surface area (Å²) >= 11 is 0. The van der Waals surface area contributed by atoms with Crippen molar-refractivity contribution in [2.75, 3.05) is 19.0 Å². The van der Waals surface area contributed by atoms with Crippen molar-refractivity contribution >= 4 is 11.6 Å². The van der Waals surface area contributed by atoms with Crippen LogP contribution in [-0.2, 0) is 17.8 Å². The summed E-state index contributed by atoms with van der Waals surface area (Å²) in [7, 11) is 1.52. The fraction of sp³-hybridized carbons (Fsp3) is 0.227. The molecule has 0 bridgehead atoms. The monoisotopic (exact) mass is 411 g/mol. The number of hydrogen-bond acceptors (Lipinski definition) is 5. The Morgan fingerprint density at radius 1 is 1.23 bits per heavy atom. The molecule has 0 spiro atoms. The molecule has 0 unspecified atom stereocenters. The molecule has 7 nitrogen and oxygen atoms in total. The summed E-state index contributed by atoms with van der Waals surface area (Å²) in [5, 5.41) is 12.0. The summed E-state index contributed by atoms with van der Waals surface area (Å²) in [4.78, 5) is 30.2. The van der Waals surface area contributed by atoms with E-state index >= 15 is 0 Å². The number of aryl methyl sites for hydroxylation is 1. The van der Waals surface area contributed by atoms with Gasteiger partial charge in [0.2, 0.25) is 5.91 Å². The van der Waals surface area contributed by atoms with Crippen molar-refractivity contribution < 1.29 is 19.0 Å². The Kier molecular flexibility index (Phi) is 6.58. The maximum absolute atomic E-state index is 13.8.